The largest absolute Gasteiger partial charge is 0.481 e. The highest BCUT2D eigenvalue weighted by Crippen LogP contribution is 2.41. The Morgan fingerprint density at radius 1 is 1.29 bits per heavy atom. The van der Waals surface area contributed by atoms with Gasteiger partial charge in [-0.2, -0.15) is 0 Å². The van der Waals surface area contributed by atoms with E-state index in [-0.39, 0.29) is 18.9 Å². The van der Waals surface area contributed by atoms with Crippen LogP contribution in [0.15, 0.2) is 51.8 Å². The summed E-state index contributed by atoms with van der Waals surface area (Å²) in [6.45, 7) is 0.0611. The average Bonchev–Trinajstić information content (AvgIpc) is 2.53. The van der Waals surface area contributed by atoms with Crippen LogP contribution in [0.2, 0.25) is 0 Å². The van der Waals surface area contributed by atoms with Gasteiger partial charge in [0.2, 0.25) is 5.91 Å². The van der Waals surface area contributed by atoms with Crippen LogP contribution >= 0.6 is 27.7 Å². The maximum absolute atomic E-state index is 14.1. The number of carboxylic acid groups (broad SMARTS) is 1. The number of anilines is 1. The van der Waals surface area contributed by atoms with E-state index in [0.717, 1.165) is 4.90 Å². The lowest BCUT2D eigenvalue weighted by atomic mass is 10.1. The highest BCUT2D eigenvalue weighted by Gasteiger charge is 2.35. The molecule has 2 aromatic rings. The molecule has 0 bridgehead atoms. The van der Waals surface area contributed by atoms with Crippen molar-refractivity contribution in [3.63, 3.8) is 0 Å². The third-order valence-corrected chi connectivity index (χ3v) is 5.42. The van der Waals surface area contributed by atoms with E-state index in [1.54, 1.807) is 24.3 Å². The highest BCUT2D eigenvalue weighted by molar-refractivity contribution is 9.10. The molecule has 0 aromatic heterocycles. The number of halogens is 2. The Morgan fingerprint density at radius 2 is 2.04 bits per heavy atom. The second-order valence-corrected chi connectivity index (χ2v) is 7.49. The molecule has 2 aromatic carbocycles. The van der Waals surface area contributed by atoms with Crippen molar-refractivity contribution < 1.29 is 19.1 Å². The number of hydrogen-bond donors (Lipinski definition) is 1. The van der Waals surface area contributed by atoms with Crippen molar-refractivity contribution >= 4 is 45.3 Å². The zero-order chi connectivity index (χ0) is 17.3. The van der Waals surface area contributed by atoms with Crippen molar-refractivity contribution in [2.24, 2.45) is 0 Å². The van der Waals surface area contributed by atoms with Crippen molar-refractivity contribution in [1.29, 1.82) is 0 Å². The van der Waals surface area contributed by atoms with Crippen LogP contribution < -0.4 is 4.90 Å². The number of carboxylic acids is 1. The van der Waals surface area contributed by atoms with E-state index in [4.69, 9.17) is 5.11 Å². The minimum atomic E-state index is -1.03. The Morgan fingerprint density at radius 3 is 2.75 bits per heavy atom. The number of carbonyl (C=O) groups is 2. The van der Waals surface area contributed by atoms with Crippen molar-refractivity contribution in [2.75, 3.05) is 4.90 Å². The molecule has 0 radical (unpaired) electrons. The summed E-state index contributed by atoms with van der Waals surface area (Å²) in [5.74, 6) is -1.76. The van der Waals surface area contributed by atoms with Gasteiger partial charge < -0.3 is 10.0 Å². The van der Waals surface area contributed by atoms with Gasteiger partial charge in [0.05, 0.1) is 23.9 Å². The van der Waals surface area contributed by atoms with E-state index < -0.39 is 17.0 Å². The zero-order valence-corrected chi connectivity index (χ0v) is 14.8. The fourth-order valence-electron chi connectivity index (χ4n) is 2.55. The minimum absolute atomic E-state index is 0.0611. The Hall–Kier alpha value is -1.86. The molecule has 1 aliphatic heterocycles. The van der Waals surface area contributed by atoms with Crippen LogP contribution in [0.4, 0.5) is 10.1 Å². The molecule has 124 valence electrons. The Labute approximate surface area is 150 Å². The van der Waals surface area contributed by atoms with Crippen LogP contribution in [0.25, 0.3) is 0 Å². The number of carbonyl (C=O) groups excluding carboxylic acids is 1. The molecule has 24 heavy (non-hydrogen) atoms. The fourth-order valence-corrected chi connectivity index (χ4v) is 4.10. The Bertz CT molecular complexity index is 814. The van der Waals surface area contributed by atoms with Crippen molar-refractivity contribution in [1.82, 2.24) is 0 Å². The van der Waals surface area contributed by atoms with E-state index in [1.165, 1.54) is 22.7 Å². The van der Waals surface area contributed by atoms with Crippen LogP contribution in [0.5, 0.6) is 0 Å². The van der Waals surface area contributed by atoms with E-state index >= 15 is 0 Å². The summed E-state index contributed by atoms with van der Waals surface area (Å²) in [7, 11) is 0. The van der Waals surface area contributed by atoms with Crippen LogP contribution in [0.1, 0.15) is 12.0 Å². The number of hydrogen-bond acceptors (Lipinski definition) is 3. The monoisotopic (exact) mass is 409 g/mol. The molecule has 1 heterocycles. The molecule has 1 unspecified atom stereocenters. The Kier molecular flexibility index (Phi) is 4.91. The van der Waals surface area contributed by atoms with Crippen LogP contribution in [0.3, 0.4) is 0 Å². The summed E-state index contributed by atoms with van der Waals surface area (Å²) < 4.78 is 14.8. The highest BCUT2D eigenvalue weighted by atomic mass is 79.9. The normalized spacial score (nSPS) is 16.8. The maximum Gasteiger partial charge on any atom is 0.305 e. The third-order valence-electron chi connectivity index (χ3n) is 3.67. The summed E-state index contributed by atoms with van der Waals surface area (Å²) in [4.78, 5) is 26.0. The number of para-hydroxylation sites is 1. The number of aliphatic carboxylic acids is 1. The predicted molar refractivity (Wildman–Crippen MR) is 93.6 cm³/mol. The van der Waals surface area contributed by atoms with Gasteiger partial charge in [0, 0.05) is 14.9 Å². The summed E-state index contributed by atoms with van der Waals surface area (Å²) in [6.07, 6.45) is -0.267. The third kappa shape index (κ3) is 3.47. The first-order chi connectivity index (χ1) is 11.5. The second kappa shape index (κ2) is 6.94. The first-order valence-corrected chi connectivity index (χ1v) is 8.86. The van der Waals surface area contributed by atoms with Crippen LogP contribution in [0, 0.1) is 5.82 Å². The smallest absolute Gasteiger partial charge is 0.305 e. The summed E-state index contributed by atoms with van der Waals surface area (Å²) in [6, 6.07) is 11.9. The average molecular weight is 410 g/mol. The fraction of sp³-hybridized carbons (Fsp3) is 0.176. The van der Waals surface area contributed by atoms with Gasteiger partial charge in [0.25, 0.3) is 0 Å². The summed E-state index contributed by atoms with van der Waals surface area (Å²) in [5.41, 5.74) is 1.05. The molecule has 1 atom stereocenters. The van der Waals surface area contributed by atoms with Crippen molar-refractivity contribution in [3.8, 4) is 0 Å². The maximum atomic E-state index is 14.1. The van der Waals surface area contributed by atoms with Gasteiger partial charge in [-0.1, -0.05) is 34.1 Å². The standard InChI is InChI=1S/C17H13BrFNO3S/c18-11-6-5-10(12(19)7-11)9-20-13-3-1-2-4-14(13)24-15(17(20)23)8-16(21)22/h1-7,15H,8-9H2,(H,21,22). The predicted octanol–water partition coefficient (Wildman–Crippen LogP) is 4.07. The van der Waals surface area contributed by atoms with E-state index in [2.05, 4.69) is 15.9 Å². The molecule has 3 rings (SSSR count). The van der Waals surface area contributed by atoms with E-state index in [0.29, 0.717) is 15.7 Å². The number of fused-ring (bicyclic) bond motifs is 1. The molecule has 1 N–H and O–H groups in total. The molecule has 0 fully saturated rings. The van der Waals surface area contributed by atoms with Gasteiger partial charge in [0.1, 0.15) is 5.82 Å². The van der Waals surface area contributed by atoms with Crippen molar-refractivity contribution in [3.05, 3.63) is 58.3 Å². The SMILES string of the molecule is O=C(O)CC1Sc2ccccc2N(Cc2ccc(Br)cc2F)C1=O. The topological polar surface area (TPSA) is 57.6 Å². The zero-order valence-electron chi connectivity index (χ0n) is 12.4. The van der Waals surface area contributed by atoms with Gasteiger partial charge in [-0.3, -0.25) is 9.59 Å². The molecule has 1 aliphatic rings. The quantitative estimate of drug-likeness (QED) is 0.826. The van der Waals surface area contributed by atoms with Gasteiger partial charge in [0.15, 0.2) is 0 Å². The van der Waals surface area contributed by atoms with Gasteiger partial charge in [-0.15, -0.1) is 11.8 Å². The first-order valence-electron chi connectivity index (χ1n) is 7.18. The summed E-state index contributed by atoms with van der Waals surface area (Å²) >= 11 is 4.45. The molecular weight excluding hydrogens is 397 g/mol. The van der Waals surface area contributed by atoms with Gasteiger partial charge >= 0.3 is 5.97 Å². The molecule has 0 spiro atoms. The van der Waals surface area contributed by atoms with Crippen LogP contribution in [-0.2, 0) is 16.1 Å². The molecule has 4 nitrogen and oxygen atoms in total. The molecule has 0 saturated carbocycles. The minimum Gasteiger partial charge on any atom is -0.481 e. The van der Waals surface area contributed by atoms with Gasteiger partial charge in [-0.05, 0) is 24.3 Å². The number of thioether (sulfide) groups is 1. The molecule has 7 heteroatoms. The molecule has 0 aliphatic carbocycles. The van der Waals surface area contributed by atoms with E-state index in [1.807, 2.05) is 12.1 Å². The number of rotatable bonds is 4. The Balaban J connectivity index is 1.97. The number of benzene rings is 2. The van der Waals surface area contributed by atoms with E-state index in [9.17, 15) is 14.0 Å². The van der Waals surface area contributed by atoms with Gasteiger partial charge in [-0.25, -0.2) is 4.39 Å². The van der Waals surface area contributed by atoms with Crippen LogP contribution in [-0.4, -0.2) is 22.2 Å². The lowest BCUT2D eigenvalue weighted by Crippen LogP contribution is -2.41. The van der Waals surface area contributed by atoms with Crippen molar-refractivity contribution in [2.45, 2.75) is 23.1 Å². The summed E-state index contributed by atoms with van der Waals surface area (Å²) in [5, 5.41) is 8.32. The lowest BCUT2D eigenvalue weighted by Gasteiger charge is -2.33. The first kappa shape index (κ1) is 17.0. The number of amides is 1. The second-order valence-electron chi connectivity index (χ2n) is 5.33. The molecule has 0 saturated heterocycles. The number of nitrogens with zero attached hydrogens (tertiary/aromatic N) is 1. The lowest BCUT2D eigenvalue weighted by molar-refractivity contribution is -0.138. The molecule has 1 amide bonds. The molecular formula is C17H13BrFNO3S.